The molecule has 0 bridgehead atoms. The lowest BCUT2D eigenvalue weighted by molar-refractivity contribution is -0.210. The average molecular weight is 738 g/mol. The van der Waals surface area contributed by atoms with Crippen LogP contribution in [0.2, 0.25) is 0 Å². The molecule has 1 saturated heterocycles. The van der Waals surface area contributed by atoms with Crippen molar-refractivity contribution in [3.63, 3.8) is 0 Å². The summed E-state index contributed by atoms with van der Waals surface area (Å²) in [6.07, 6.45) is 14.1. The third-order valence-electron chi connectivity index (χ3n) is 16.4. The van der Waals surface area contributed by atoms with E-state index < -0.39 is 15.8 Å². The Morgan fingerprint density at radius 3 is 2.35 bits per heavy atom. The summed E-state index contributed by atoms with van der Waals surface area (Å²) in [6.45, 7) is 13.6. The fraction of sp³-hybridized carbons (Fsp3) is 0.762. The van der Waals surface area contributed by atoms with Gasteiger partial charge < -0.3 is 20.1 Å². The molecule has 0 aromatic heterocycles. The number of carboxylic acids is 1. The Kier molecular flexibility index (Phi) is 10.2. The maximum atomic E-state index is 14.2. The van der Waals surface area contributed by atoms with Gasteiger partial charge in [0.2, 0.25) is 0 Å². The number of aromatic carboxylic acids is 1. The van der Waals surface area contributed by atoms with E-state index in [1.807, 2.05) is 17.0 Å². The molecular formula is C42H63N3O6S. The van der Waals surface area contributed by atoms with Gasteiger partial charge in [0, 0.05) is 45.4 Å². The van der Waals surface area contributed by atoms with E-state index in [1.165, 1.54) is 37.7 Å². The molecule has 1 aliphatic heterocycles. The summed E-state index contributed by atoms with van der Waals surface area (Å²) in [4.78, 5) is 29.8. The van der Waals surface area contributed by atoms with Crippen LogP contribution in [0, 0.1) is 45.8 Å². The Balaban J connectivity index is 1.07. The Labute approximate surface area is 312 Å². The van der Waals surface area contributed by atoms with Crippen LogP contribution < -0.4 is 5.32 Å². The zero-order valence-electron chi connectivity index (χ0n) is 32.3. The van der Waals surface area contributed by atoms with Gasteiger partial charge in [0.25, 0.3) is 0 Å². The largest absolute Gasteiger partial charge is 0.478 e. The third-order valence-corrected chi connectivity index (χ3v) is 18.0. The number of nitrogens with zero attached hydrogens (tertiary/aromatic N) is 2. The van der Waals surface area contributed by atoms with Crippen LogP contribution >= 0.6 is 0 Å². The van der Waals surface area contributed by atoms with Gasteiger partial charge in [0.1, 0.15) is 0 Å². The number of urea groups is 1. The third kappa shape index (κ3) is 6.34. The lowest BCUT2D eigenvalue weighted by Gasteiger charge is -2.71. The molecule has 5 aliphatic carbocycles. The number of carboxylic acid groups (broad SMARTS) is 1. The molecule has 6 aliphatic rings. The number of amides is 2. The first-order valence-electron chi connectivity index (χ1n) is 20.2. The van der Waals surface area contributed by atoms with E-state index in [0.29, 0.717) is 74.5 Å². The molecule has 8 unspecified atom stereocenters. The molecule has 7 rings (SSSR count). The summed E-state index contributed by atoms with van der Waals surface area (Å²) in [5.74, 6) is 2.27. The quantitative estimate of drug-likeness (QED) is 0.281. The van der Waals surface area contributed by atoms with Gasteiger partial charge in [0.05, 0.1) is 23.7 Å². The highest BCUT2D eigenvalue weighted by molar-refractivity contribution is 7.91. The van der Waals surface area contributed by atoms with Gasteiger partial charge in [0.15, 0.2) is 9.84 Å². The molecule has 288 valence electrons. The fourth-order valence-electron chi connectivity index (χ4n) is 13.3. The highest BCUT2D eigenvalue weighted by Crippen LogP contribution is 2.75. The van der Waals surface area contributed by atoms with Crippen molar-refractivity contribution in [1.29, 1.82) is 0 Å². The number of allylic oxidation sites excluding steroid dienone is 2. The first-order valence-corrected chi connectivity index (χ1v) is 22.0. The van der Waals surface area contributed by atoms with Gasteiger partial charge in [-0.1, -0.05) is 52.3 Å². The Morgan fingerprint density at radius 2 is 1.65 bits per heavy atom. The summed E-state index contributed by atoms with van der Waals surface area (Å²) in [5.41, 5.74) is 3.41. The van der Waals surface area contributed by atoms with Crippen LogP contribution in [0.4, 0.5) is 4.79 Å². The van der Waals surface area contributed by atoms with Crippen molar-refractivity contribution >= 4 is 27.4 Å². The zero-order chi connectivity index (χ0) is 37.1. The molecule has 2 amide bonds. The van der Waals surface area contributed by atoms with Gasteiger partial charge in [-0.2, -0.15) is 0 Å². The van der Waals surface area contributed by atoms with Crippen molar-refractivity contribution in [2.45, 2.75) is 97.4 Å². The number of rotatable bonds is 9. The molecule has 1 heterocycles. The second kappa shape index (κ2) is 14.0. The van der Waals surface area contributed by atoms with Crippen molar-refractivity contribution in [2.75, 3.05) is 57.9 Å². The molecule has 4 saturated carbocycles. The number of ether oxygens (including phenoxy) is 1. The standard InChI is InChI=1S/C42H63N3O6S/c1-29-32(30-8-10-31(11-9-30)37(46)47)14-17-39(2)33(29)15-18-41(4)36(39)13-12-34-35-7-6-16-42(35,20-19-40(34,41)3)43-38(48)45(23-26-51-5)22-21-44-24-27-52(49,50)28-25-44/h8-11,14,29,33-36H,6-7,12-13,15-28H2,1-5H3,(H,43,48)(H,46,47)/t29?,33?,34?,35?,36?,39?,40-,41?,42?/m1/s1. The summed E-state index contributed by atoms with van der Waals surface area (Å²) in [7, 11) is -1.27. The molecule has 1 aromatic carbocycles. The minimum Gasteiger partial charge on any atom is -0.478 e. The van der Waals surface area contributed by atoms with Crippen molar-refractivity contribution in [2.24, 2.45) is 45.8 Å². The highest BCUT2D eigenvalue weighted by atomic mass is 32.2. The molecule has 0 radical (unpaired) electrons. The van der Waals surface area contributed by atoms with Crippen molar-refractivity contribution < 1.29 is 27.9 Å². The lowest BCUT2D eigenvalue weighted by Crippen LogP contribution is -2.68. The molecule has 52 heavy (non-hydrogen) atoms. The average Bonchev–Trinajstić information content (AvgIpc) is 3.53. The van der Waals surface area contributed by atoms with E-state index in [2.05, 4.69) is 44.0 Å². The van der Waals surface area contributed by atoms with Gasteiger partial charge in [-0.15, -0.1) is 0 Å². The molecule has 2 N–H and O–H groups in total. The summed E-state index contributed by atoms with van der Waals surface area (Å²) < 4.78 is 29.4. The second-order valence-corrected chi connectivity index (χ2v) is 20.6. The van der Waals surface area contributed by atoms with Gasteiger partial charge in [-0.05, 0) is 127 Å². The number of methoxy groups -OCH3 is 1. The van der Waals surface area contributed by atoms with Crippen LogP contribution in [0.25, 0.3) is 5.57 Å². The smallest absolute Gasteiger partial charge is 0.335 e. The molecule has 5 fully saturated rings. The fourth-order valence-corrected chi connectivity index (χ4v) is 14.5. The molecular weight excluding hydrogens is 675 g/mol. The van der Waals surface area contributed by atoms with E-state index in [4.69, 9.17) is 4.74 Å². The van der Waals surface area contributed by atoms with Crippen LogP contribution in [0.3, 0.4) is 0 Å². The number of nitrogens with one attached hydrogen (secondary N) is 1. The van der Waals surface area contributed by atoms with Crippen LogP contribution in [0.1, 0.15) is 108 Å². The van der Waals surface area contributed by atoms with E-state index in [9.17, 15) is 23.1 Å². The minimum atomic E-state index is -2.94. The molecule has 9 nitrogen and oxygen atoms in total. The number of sulfone groups is 1. The highest BCUT2D eigenvalue weighted by Gasteiger charge is 2.68. The van der Waals surface area contributed by atoms with E-state index in [1.54, 1.807) is 19.2 Å². The van der Waals surface area contributed by atoms with Crippen LogP contribution in [-0.4, -0.2) is 98.8 Å². The number of hydrogen-bond donors (Lipinski definition) is 2. The first kappa shape index (κ1) is 37.9. The SMILES string of the molecule is COCCN(CCN1CCS(=O)(=O)CC1)C(=O)NC12CCCC1C1CCC3C4(C)CC=C(c5ccc(C(=O)O)cc5)C(C)C4CCC3(C)[C@]1(C)CC2. The van der Waals surface area contributed by atoms with Gasteiger partial charge in [-0.3, -0.25) is 4.90 Å². The summed E-state index contributed by atoms with van der Waals surface area (Å²) >= 11 is 0. The van der Waals surface area contributed by atoms with E-state index >= 15 is 0 Å². The molecule has 10 heteroatoms. The number of hydrogen-bond acceptors (Lipinski definition) is 6. The predicted molar refractivity (Wildman–Crippen MR) is 205 cm³/mol. The van der Waals surface area contributed by atoms with Crippen molar-refractivity contribution in [3.8, 4) is 0 Å². The van der Waals surface area contributed by atoms with Crippen molar-refractivity contribution in [1.82, 2.24) is 15.1 Å². The van der Waals surface area contributed by atoms with Crippen LogP contribution in [0.15, 0.2) is 30.3 Å². The second-order valence-electron chi connectivity index (χ2n) is 18.3. The van der Waals surface area contributed by atoms with E-state index in [-0.39, 0.29) is 39.3 Å². The number of carbonyl (C=O) groups excluding carboxylic acids is 1. The lowest BCUT2D eigenvalue weighted by atomic mass is 9.34. The minimum absolute atomic E-state index is 0.0153. The normalized spacial score (nSPS) is 39.6. The van der Waals surface area contributed by atoms with Gasteiger partial charge >= 0.3 is 12.0 Å². The molecule has 9 atom stereocenters. The maximum Gasteiger partial charge on any atom is 0.335 e. The van der Waals surface area contributed by atoms with Crippen molar-refractivity contribution in [3.05, 3.63) is 41.5 Å². The number of fused-ring (bicyclic) bond motifs is 7. The van der Waals surface area contributed by atoms with E-state index in [0.717, 1.165) is 37.7 Å². The summed E-state index contributed by atoms with van der Waals surface area (Å²) in [6, 6.07) is 7.51. The van der Waals surface area contributed by atoms with Gasteiger partial charge in [-0.25, -0.2) is 18.0 Å². The molecule has 1 aromatic rings. The maximum absolute atomic E-state index is 14.2. The Bertz CT molecular complexity index is 1650. The Morgan fingerprint density at radius 1 is 0.923 bits per heavy atom. The Hall–Kier alpha value is -2.43. The summed E-state index contributed by atoms with van der Waals surface area (Å²) in [5, 5.41) is 13.1. The van der Waals surface area contributed by atoms with Crippen LogP contribution in [-0.2, 0) is 14.6 Å². The predicted octanol–water partition coefficient (Wildman–Crippen LogP) is 6.98. The topological polar surface area (TPSA) is 116 Å². The monoisotopic (exact) mass is 737 g/mol. The number of benzene rings is 1. The zero-order valence-corrected chi connectivity index (χ0v) is 33.1. The van der Waals surface area contributed by atoms with Crippen LogP contribution in [0.5, 0.6) is 0 Å². The molecule has 0 spiro atoms. The number of carbonyl (C=O) groups is 2. The first-order chi connectivity index (χ1) is 24.7.